The van der Waals surface area contributed by atoms with Gasteiger partial charge < -0.3 is 24.0 Å². The van der Waals surface area contributed by atoms with E-state index in [9.17, 15) is 4.79 Å². The van der Waals surface area contributed by atoms with E-state index < -0.39 is 5.60 Å². The first-order valence-electron chi connectivity index (χ1n) is 10.2. The van der Waals surface area contributed by atoms with Crippen molar-refractivity contribution in [3.63, 3.8) is 0 Å². The van der Waals surface area contributed by atoms with Gasteiger partial charge in [0.25, 0.3) is 0 Å². The highest BCUT2D eigenvalue weighted by Gasteiger charge is 2.48. The van der Waals surface area contributed by atoms with E-state index >= 15 is 0 Å². The quantitative estimate of drug-likeness (QED) is 0.658. The average molecular weight is 369 g/mol. The van der Waals surface area contributed by atoms with Gasteiger partial charge >= 0.3 is 6.09 Å². The van der Waals surface area contributed by atoms with Crippen molar-refractivity contribution < 1.29 is 19.0 Å². The molecule has 1 amide bonds. The van der Waals surface area contributed by atoms with Gasteiger partial charge in [0.2, 0.25) is 0 Å². The minimum atomic E-state index is -0.409. The van der Waals surface area contributed by atoms with Crippen LogP contribution in [-0.2, 0) is 14.2 Å². The third kappa shape index (κ3) is 4.90. The molecule has 4 aliphatic heterocycles. The van der Waals surface area contributed by atoms with Crippen LogP contribution in [0.3, 0.4) is 0 Å². The molecule has 0 saturated carbocycles. The molecule has 0 radical (unpaired) electrons. The first kappa shape index (κ1) is 19.9. The second-order valence-corrected chi connectivity index (χ2v) is 9.49. The Morgan fingerprint density at radius 2 is 1.38 bits per heavy atom. The zero-order chi connectivity index (χ0) is 18.8. The van der Waals surface area contributed by atoms with E-state index in [-0.39, 0.29) is 11.7 Å². The highest BCUT2D eigenvalue weighted by Crippen LogP contribution is 2.35. The van der Waals surface area contributed by atoms with Crippen LogP contribution in [0.1, 0.15) is 59.3 Å². The summed E-state index contributed by atoms with van der Waals surface area (Å²) in [5.74, 6) is 0. The van der Waals surface area contributed by atoms with E-state index in [1.54, 1.807) is 4.90 Å². The predicted molar refractivity (Wildman–Crippen MR) is 100 cm³/mol. The van der Waals surface area contributed by atoms with Gasteiger partial charge in [-0.2, -0.15) is 0 Å². The van der Waals surface area contributed by atoms with E-state index in [4.69, 9.17) is 14.2 Å². The second kappa shape index (κ2) is 7.64. The molecule has 0 unspecified atom stereocenters. The molecule has 26 heavy (non-hydrogen) atoms. The highest BCUT2D eigenvalue weighted by molar-refractivity contribution is 5.69. The predicted octanol–water partition coefficient (Wildman–Crippen LogP) is 3.05. The van der Waals surface area contributed by atoms with Crippen molar-refractivity contribution in [2.45, 2.75) is 76.1 Å². The molecular weight excluding hydrogens is 332 g/mol. The van der Waals surface area contributed by atoms with Crippen LogP contribution in [-0.4, -0.2) is 79.1 Å². The molecule has 6 heteroatoms. The van der Waals surface area contributed by atoms with Gasteiger partial charge in [-0.25, -0.2) is 4.79 Å². The Balaban J connectivity index is 0.000000167. The largest absolute Gasteiger partial charge is 0.444 e. The molecule has 0 bridgehead atoms. The van der Waals surface area contributed by atoms with Crippen LogP contribution >= 0.6 is 0 Å². The topological polar surface area (TPSA) is 51.2 Å². The van der Waals surface area contributed by atoms with E-state index in [0.29, 0.717) is 18.7 Å². The number of hydrogen-bond acceptors (Lipinski definition) is 5. The van der Waals surface area contributed by atoms with E-state index in [0.717, 1.165) is 39.1 Å². The molecule has 0 aromatic rings. The summed E-state index contributed by atoms with van der Waals surface area (Å²) in [4.78, 5) is 15.8. The lowest BCUT2D eigenvalue weighted by Gasteiger charge is -2.51. The van der Waals surface area contributed by atoms with Crippen molar-refractivity contribution >= 4 is 6.09 Å². The molecule has 0 N–H and O–H groups in total. The minimum absolute atomic E-state index is 0.0465. The Morgan fingerprint density at radius 1 is 0.885 bits per heavy atom. The monoisotopic (exact) mass is 368 g/mol. The second-order valence-electron chi connectivity index (χ2n) is 9.49. The van der Waals surface area contributed by atoms with Gasteiger partial charge in [-0.15, -0.1) is 0 Å². The maximum atomic E-state index is 11.7. The number of rotatable bonds is 0. The molecule has 0 aromatic carbocycles. The Labute approximate surface area is 158 Å². The SMILES string of the molecule is CC(C)(C)OC(=O)N1CC2(CCCCO2)C1.CN1CC2(CCCCO2)C1. The van der Waals surface area contributed by atoms with Crippen LogP contribution in [0.4, 0.5) is 4.79 Å². The number of ether oxygens (including phenoxy) is 3. The molecule has 150 valence electrons. The molecule has 4 heterocycles. The fraction of sp³-hybridized carbons (Fsp3) is 0.950. The fourth-order valence-corrected chi connectivity index (χ4v) is 4.36. The lowest BCUT2D eigenvalue weighted by Crippen LogP contribution is -2.66. The highest BCUT2D eigenvalue weighted by atomic mass is 16.6. The maximum absolute atomic E-state index is 11.7. The summed E-state index contributed by atoms with van der Waals surface area (Å²) in [6.45, 7) is 11.2. The van der Waals surface area contributed by atoms with Crippen molar-refractivity contribution in [2.75, 3.05) is 46.4 Å². The maximum Gasteiger partial charge on any atom is 0.410 e. The van der Waals surface area contributed by atoms with Gasteiger partial charge in [-0.05, 0) is 66.3 Å². The van der Waals surface area contributed by atoms with Crippen molar-refractivity contribution in [3.05, 3.63) is 0 Å². The third-order valence-electron chi connectivity index (χ3n) is 5.60. The Hall–Kier alpha value is -0.850. The molecule has 0 aromatic heterocycles. The fourth-order valence-electron chi connectivity index (χ4n) is 4.36. The lowest BCUT2D eigenvalue weighted by atomic mass is 9.86. The summed E-state index contributed by atoms with van der Waals surface area (Å²) in [5, 5.41) is 0. The van der Waals surface area contributed by atoms with Gasteiger partial charge in [-0.1, -0.05) is 0 Å². The number of likely N-dealkylation sites (N-methyl/N-ethyl adjacent to an activating group) is 1. The molecule has 4 fully saturated rings. The van der Waals surface area contributed by atoms with Gasteiger partial charge in [0.05, 0.1) is 18.7 Å². The average Bonchev–Trinajstić information content (AvgIpc) is 2.52. The summed E-state index contributed by atoms with van der Waals surface area (Å²) in [6.07, 6.45) is 7.14. The Morgan fingerprint density at radius 3 is 1.77 bits per heavy atom. The molecule has 6 nitrogen and oxygen atoms in total. The number of amides is 1. The van der Waals surface area contributed by atoms with Crippen LogP contribution < -0.4 is 0 Å². The minimum Gasteiger partial charge on any atom is -0.444 e. The Kier molecular flexibility index (Phi) is 5.85. The molecule has 2 spiro atoms. The van der Waals surface area contributed by atoms with Gasteiger partial charge in [0.1, 0.15) is 11.2 Å². The molecule has 0 atom stereocenters. The van der Waals surface area contributed by atoms with Gasteiger partial charge in [-0.3, -0.25) is 0 Å². The van der Waals surface area contributed by atoms with Crippen molar-refractivity contribution in [3.8, 4) is 0 Å². The van der Waals surface area contributed by atoms with E-state index in [1.807, 2.05) is 20.8 Å². The zero-order valence-electron chi connectivity index (χ0n) is 17.0. The van der Waals surface area contributed by atoms with Crippen LogP contribution in [0.5, 0.6) is 0 Å². The molecular formula is C20H36N2O4. The van der Waals surface area contributed by atoms with Gasteiger partial charge in [0, 0.05) is 26.3 Å². The van der Waals surface area contributed by atoms with Crippen molar-refractivity contribution in [2.24, 2.45) is 0 Å². The van der Waals surface area contributed by atoms with Crippen LogP contribution in [0, 0.1) is 0 Å². The number of carbonyl (C=O) groups excluding carboxylic acids is 1. The number of likely N-dealkylation sites (tertiary alicyclic amines) is 2. The molecule has 4 aliphatic rings. The normalized spacial score (nSPS) is 27.2. The summed E-state index contributed by atoms with van der Waals surface area (Å²) in [7, 11) is 2.16. The number of nitrogens with zero attached hydrogens (tertiary/aromatic N) is 2. The van der Waals surface area contributed by atoms with Crippen LogP contribution in [0.2, 0.25) is 0 Å². The van der Waals surface area contributed by atoms with Crippen molar-refractivity contribution in [1.29, 1.82) is 0 Å². The standard InChI is InChI=1S/C12H21NO3.C8H15NO/c1-11(2,3)16-10(14)13-8-12(9-13)6-4-5-7-15-12;1-9-6-8(7-9)4-2-3-5-10-8/h4-9H2,1-3H3;2-7H2,1H3. The first-order chi connectivity index (χ1) is 12.2. The lowest BCUT2D eigenvalue weighted by molar-refractivity contribution is -0.160. The van der Waals surface area contributed by atoms with Crippen LogP contribution in [0.15, 0.2) is 0 Å². The smallest absolute Gasteiger partial charge is 0.410 e. The van der Waals surface area contributed by atoms with E-state index in [2.05, 4.69) is 11.9 Å². The third-order valence-corrected chi connectivity index (χ3v) is 5.60. The Bertz CT molecular complexity index is 467. The number of carbonyl (C=O) groups is 1. The first-order valence-corrected chi connectivity index (χ1v) is 10.2. The zero-order valence-corrected chi connectivity index (χ0v) is 17.0. The van der Waals surface area contributed by atoms with Crippen molar-refractivity contribution in [1.82, 2.24) is 9.80 Å². The van der Waals surface area contributed by atoms with E-state index in [1.165, 1.54) is 25.7 Å². The summed E-state index contributed by atoms with van der Waals surface area (Å²) in [6, 6.07) is 0. The van der Waals surface area contributed by atoms with Crippen LogP contribution in [0.25, 0.3) is 0 Å². The summed E-state index contributed by atoms with van der Waals surface area (Å²) in [5.41, 5.74) is -0.157. The molecule has 0 aliphatic carbocycles. The summed E-state index contributed by atoms with van der Waals surface area (Å²) >= 11 is 0. The molecule has 4 saturated heterocycles. The summed E-state index contributed by atoms with van der Waals surface area (Å²) < 4.78 is 16.8. The number of hydrogen-bond donors (Lipinski definition) is 0. The molecule has 4 rings (SSSR count). The van der Waals surface area contributed by atoms with Gasteiger partial charge in [0.15, 0.2) is 0 Å².